The Bertz CT molecular complexity index is 667. The Hall–Kier alpha value is -1.98. The van der Waals surface area contributed by atoms with Crippen LogP contribution in [-0.2, 0) is 9.59 Å². The van der Waals surface area contributed by atoms with Crippen LogP contribution >= 0.6 is 0 Å². The molecule has 0 N–H and O–H groups in total. The van der Waals surface area contributed by atoms with Gasteiger partial charge in [0.25, 0.3) is 0 Å². The largest absolute Gasteiger partial charge is 0.273 e. The van der Waals surface area contributed by atoms with Crippen molar-refractivity contribution in [3.8, 4) is 0 Å². The minimum atomic E-state index is 0. The monoisotopic (exact) mass is 374 g/mol. The van der Waals surface area contributed by atoms with Gasteiger partial charge < -0.3 is 0 Å². The van der Waals surface area contributed by atoms with Gasteiger partial charge in [0.05, 0.1) is 5.92 Å². The normalized spacial score (nSPS) is 32.3. The van der Waals surface area contributed by atoms with Crippen molar-refractivity contribution < 1.29 is 9.59 Å². The van der Waals surface area contributed by atoms with Crippen LogP contribution in [0.25, 0.3) is 0 Å². The molecule has 27 heavy (non-hydrogen) atoms. The van der Waals surface area contributed by atoms with Crippen LogP contribution in [0.2, 0.25) is 0 Å². The molecule has 2 aliphatic carbocycles. The molecule has 4 rings (SSSR count). The number of amides is 2. The van der Waals surface area contributed by atoms with E-state index in [1.165, 1.54) is 22.9 Å². The average molecular weight is 375 g/mol. The van der Waals surface area contributed by atoms with Crippen molar-refractivity contribution in [2.24, 2.45) is 33.9 Å². The Morgan fingerprint density at radius 3 is 1.81 bits per heavy atom. The molecule has 0 aromatic heterocycles. The molecule has 2 amide bonds. The second-order valence-corrected chi connectivity index (χ2v) is 7.86. The summed E-state index contributed by atoms with van der Waals surface area (Å²) < 4.78 is 0. The van der Waals surface area contributed by atoms with Gasteiger partial charge in [-0.25, -0.2) is 10.0 Å². The lowest BCUT2D eigenvalue weighted by atomic mass is 9.75. The van der Waals surface area contributed by atoms with Gasteiger partial charge in [0.2, 0.25) is 11.8 Å². The molecule has 4 atom stereocenters. The second kappa shape index (κ2) is 8.81. The summed E-state index contributed by atoms with van der Waals surface area (Å²) in [6, 6.07) is 0. The molecule has 0 aromatic rings. The Morgan fingerprint density at radius 2 is 1.22 bits per heavy atom. The van der Waals surface area contributed by atoms with Crippen molar-refractivity contribution in [3.63, 3.8) is 0 Å². The number of fused-ring (bicyclic) bond motifs is 2. The summed E-state index contributed by atoms with van der Waals surface area (Å²) in [5.41, 5.74) is 2.24. The summed E-state index contributed by atoms with van der Waals surface area (Å²) in [5, 5.41) is 11.5. The molecule has 1 saturated carbocycles. The maximum absolute atomic E-state index is 11.7. The fourth-order valence-corrected chi connectivity index (χ4v) is 4.68. The van der Waals surface area contributed by atoms with E-state index in [9.17, 15) is 9.59 Å². The summed E-state index contributed by atoms with van der Waals surface area (Å²) in [4.78, 5) is 23.4. The Kier molecular flexibility index (Phi) is 6.95. The Labute approximate surface area is 163 Å². The Morgan fingerprint density at radius 1 is 0.778 bits per heavy atom. The zero-order chi connectivity index (χ0) is 18.8. The molecule has 4 unspecified atom stereocenters. The van der Waals surface area contributed by atoms with E-state index < -0.39 is 0 Å². The molecular weight excluding hydrogens is 340 g/mol. The average Bonchev–Trinajstić information content (AvgIpc) is 2.65. The molecule has 0 radical (unpaired) electrons. The van der Waals surface area contributed by atoms with E-state index in [0.29, 0.717) is 11.8 Å². The third kappa shape index (κ3) is 4.30. The van der Waals surface area contributed by atoms with E-state index in [4.69, 9.17) is 0 Å². The van der Waals surface area contributed by atoms with Gasteiger partial charge >= 0.3 is 0 Å². The molecular formula is C21H34N4O2. The molecule has 1 fully saturated rings. The highest BCUT2D eigenvalue weighted by molar-refractivity contribution is 5.95. The standard InChI is InChI=1S/C10H16N2O.C10H14N2O.CH4/c2*1-7-8-5-3-4-6-9(8)10(13)12(2)11-7;/h8-9H,3-6H2,1-2H3;3-4,8-9H,5-6H2,1-2H3;1H4. The summed E-state index contributed by atoms with van der Waals surface area (Å²) in [5.74, 6) is 1.56. The highest BCUT2D eigenvalue weighted by atomic mass is 16.2. The Balaban J connectivity index is 0.000000187. The molecule has 0 spiro atoms. The maximum atomic E-state index is 11.7. The molecule has 0 aromatic carbocycles. The van der Waals surface area contributed by atoms with Crippen LogP contribution in [0.15, 0.2) is 22.4 Å². The van der Waals surface area contributed by atoms with E-state index in [-0.39, 0.29) is 31.1 Å². The van der Waals surface area contributed by atoms with E-state index >= 15 is 0 Å². The van der Waals surface area contributed by atoms with Gasteiger partial charge in [-0.05, 0) is 39.5 Å². The van der Waals surface area contributed by atoms with E-state index in [1.54, 1.807) is 14.1 Å². The molecule has 2 aliphatic heterocycles. The molecule has 0 bridgehead atoms. The summed E-state index contributed by atoms with van der Waals surface area (Å²) in [6.45, 7) is 4.06. The summed E-state index contributed by atoms with van der Waals surface area (Å²) in [7, 11) is 3.50. The molecule has 6 heteroatoms. The van der Waals surface area contributed by atoms with Crippen LogP contribution in [-0.4, -0.2) is 47.4 Å². The number of carbonyl (C=O) groups is 2. The number of rotatable bonds is 0. The summed E-state index contributed by atoms with van der Waals surface area (Å²) >= 11 is 0. The van der Waals surface area contributed by atoms with Crippen molar-refractivity contribution in [2.45, 2.75) is 59.8 Å². The fraction of sp³-hybridized carbons (Fsp3) is 0.714. The first-order valence-corrected chi connectivity index (χ1v) is 9.70. The smallest absolute Gasteiger partial charge is 0.246 e. The quantitative estimate of drug-likeness (QED) is 0.607. The maximum Gasteiger partial charge on any atom is 0.246 e. The highest BCUT2D eigenvalue weighted by Gasteiger charge is 2.38. The van der Waals surface area contributed by atoms with Gasteiger partial charge in [0, 0.05) is 43.3 Å². The zero-order valence-electron chi connectivity index (χ0n) is 16.3. The van der Waals surface area contributed by atoms with Crippen molar-refractivity contribution >= 4 is 23.2 Å². The summed E-state index contributed by atoms with van der Waals surface area (Å²) in [6.07, 6.45) is 10.8. The lowest BCUT2D eigenvalue weighted by Gasteiger charge is -2.36. The molecule has 4 aliphatic rings. The van der Waals surface area contributed by atoms with Gasteiger partial charge in [-0.1, -0.05) is 32.4 Å². The predicted molar refractivity (Wildman–Crippen MR) is 109 cm³/mol. The van der Waals surface area contributed by atoms with Crippen molar-refractivity contribution in [3.05, 3.63) is 12.2 Å². The van der Waals surface area contributed by atoms with Crippen molar-refractivity contribution in [1.82, 2.24) is 10.0 Å². The number of nitrogens with zero attached hydrogens (tertiary/aromatic N) is 4. The second-order valence-electron chi connectivity index (χ2n) is 7.86. The van der Waals surface area contributed by atoms with Gasteiger partial charge in [0.1, 0.15) is 0 Å². The van der Waals surface area contributed by atoms with E-state index in [0.717, 1.165) is 37.1 Å². The van der Waals surface area contributed by atoms with E-state index in [1.807, 2.05) is 13.8 Å². The third-order valence-corrected chi connectivity index (χ3v) is 6.16. The minimum Gasteiger partial charge on any atom is -0.273 e. The first-order valence-electron chi connectivity index (χ1n) is 9.70. The lowest BCUT2D eigenvalue weighted by molar-refractivity contribution is -0.137. The van der Waals surface area contributed by atoms with Crippen LogP contribution in [0.3, 0.4) is 0 Å². The molecule has 0 saturated heterocycles. The van der Waals surface area contributed by atoms with Crippen LogP contribution in [0.5, 0.6) is 0 Å². The lowest BCUT2D eigenvalue weighted by Crippen LogP contribution is -2.43. The number of hydrazone groups is 2. The number of hydrogen-bond donors (Lipinski definition) is 0. The van der Waals surface area contributed by atoms with Gasteiger partial charge in [0.15, 0.2) is 0 Å². The first kappa shape index (κ1) is 21.3. The first-order chi connectivity index (χ1) is 12.4. The third-order valence-electron chi connectivity index (χ3n) is 6.16. The van der Waals surface area contributed by atoms with Crippen molar-refractivity contribution in [2.75, 3.05) is 14.1 Å². The zero-order valence-corrected chi connectivity index (χ0v) is 16.3. The molecule has 2 heterocycles. The topological polar surface area (TPSA) is 65.3 Å². The number of allylic oxidation sites excluding steroid dienone is 2. The fourth-order valence-electron chi connectivity index (χ4n) is 4.68. The minimum absolute atomic E-state index is 0. The van der Waals surface area contributed by atoms with Crippen LogP contribution in [0, 0.1) is 23.7 Å². The SMILES string of the molecule is C.CC1=NN(C)C(=O)C2CC=CCC12.CC1=NN(C)C(=O)C2CCCCC12. The van der Waals surface area contributed by atoms with Gasteiger partial charge in [-0.15, -0.1) is 0 Å². The van der Waals surface area contributed by atoms with Crippen LogP contribution in [0.1, 0.15) is 59.8 Å². The number of hydrogen-bond acceptors (Lipinski definition) is 4. The molecule has 150 valence electrons. The van der Waals surface area contributed by atoms with Crippen LogP contribution < -0.4 is 0 Å². The van der Waals surface area contributed by atoms with Crippen LogP contribution in [0.4, 0.5) is 0 Å². The predicted octanol–water partition coefficient (Wildman–Crippen LogP) is 3.69. The molecule has 6 nitrogen and oxygen atoms in total. The van der Waals surface area contributed by atoms with Crippen molar-refractivity contribution in [1.29, 1.82) is 0 Å². The van der Waals surface area contributed by atoms with Gasteiger partial charge in [-0.2, -0.15) is 10.2 Å². The number of carbonyl (C=O) groups excluding carboxylic acids is 2. The van der Waals surface area contributed by atoms with Gasteiger partial charge in [-0.3, -0.25) is 9.59 Å². The van der Waals surface area contributed by atoms with E-state index in [2.05, 4.69) is 22.4 Å². The highest BCUT2D eigenvalue weighted by Crippen LogP contribution is 2.35.